The van der Waals surface area contributed by atoms with Gasteiger partial charge in [0.05, 0.1) is 5.56 Å². The summed E-state index contributed by atoms with van der Waals surface area (Å²) in [5.41, 5.74) is 0.0279. The highest BCUT2D eigenvalue weighted by Gasteiger charge is 2.09. The molecule has 5 nitrogen and oxygen atoms in total. The molecule has 6 heteroatoms. The SMILES string of the molecule is CC(C)CNC(=O)NCCCNC(=O)c1ccccc1F. The van der Waals surface area contributed by atoms with E-state index in [9.17, 15) is 14.0 Å². The Labute approximate surface area is 124 Å². The lowest BCUT2D eigenvalue weighted by atomic mass is 10.2. The van der Waals surface area contributed by atoms with E-state index >= 15 is 0 Å². The van der Waals surface area contributed by atoms with Crippen LogP contribution in [0.4, 0.5) is 9.18 Å². The highest BCUT2D eigenvalue weighted by molar-refractivity contribution is 5.94. The summed E-state index contributed by atoms with van der Waals surface area (Å²) in [7, 11) is 0. The fourth-order valence-corrected chi connectivity index (χ4v) is 1.59. The van der Waals surface area contributed by atoms with Crippen molar-refractivity contribution in [2.75, 3.05) is 19.6 Å². The molecule has 0 aliphatic carbocycles. The van der Waals surface area contributed by atoms with Gasteiger partial charge in [-0.25, -0.2) is 9.18 Å². The summed E-state index contributed by atoms with van der Waals surface area (Å²) in [6.07, 6.45) is 0.579. The van der Waals surface area contributed by atoms with Crippen LogP contribution in [0.5, 0.6) is 0 Å². The Hall–Kier alpha value is -2.11. The minimum Gasteiger partial charge on any atom is -0.352 e. The van der Waals surface area contributed by atoms with Crippen molar-refractivity contribution in [2.45, 2.75) is 20.3 Å². The van der Waals surface area contributed by atoms with Crippen LogP contribution >= 0.6 is 0 Å². The molecule has 0 saturated heterocycles. The third-order valence-corrected chi connectivity index (χ3v) is 2.71. The summed E-state index contributed by atoms with van der Waals surface area (Å²) in [4.78, 5) is 23.0. The van der Waals surface area contributed by atoms with Gasteiger partial charge in [-0.1, -0.05) is 26.0 Å². The van der Waals surface area contributed by atoms with Crippen LogP contribution in [-0.2, 0) is 0 Å². The standard InChI is InChI=1S/C15H22FN3O2/c1-11(2)10-19-15(21)18-9-5-8-17-14(20)12-6-3-4-7-13(12)16/h3-4,6-7,11H,5,8-10H2,1-2H3,(H,17,20)(H2,18,19,21). The molecule has 0 aliphatic rings. The second kappa shape index (κ2) is 8.94. The van der Waals surface area contributed by atoms with Gasteiger partial charge in [0.1, 0.15) is 5.82 Å². The van der Waals surface area contributed by atoms with E-state index in [1.807, 2.05) is 13.8 Å². The molecule has 0 radical (unpaired) electrons. The van der Waals surface area contributed by atoms with Crippen LogP contribution in [0.2, 0.25) is 0 Å². The molecule has 0 aliphatic heterocycles. The van der Waals surface area contributed by atoms with Gasteiger partial charge >= 0.3 is 6.03 Å². The Kier molecular flexibility index (Phi) is 7.21. The molecule has 21 heavy (non-hydrogen) atoms. The number of rotatable bonds is 7. The first-order valence-corrected chi connectivity index (χ1v) is 7.05. The quantitative estimate of drug-likeness (QED) is 0.672. The summed E-state index contributed by atoms with van der Waals surface area (Å²) in [6.45, 7) is 5.46. The predicted molar refractivity (Wildman–Crippen MR) is 79.6 cm³/mol. The lowest BCUT2D eigenvalue weighted by molar-refractivity contribution is 0.0949. The molecule has 1 aromatic carbocycles. The minimum atomic E-state index is -0.541. The number of halogens is 1. The monoisotopic (exact) mass is 295 g/mol. The van der Waals surface area contributed by atoms with Crippen LogP contribution in [-0.4, -0.2) is 31.6 Å². The second-order valence-electron chi connectivity index (χ2n) is 5.12. The molecule has 0 bridgehead atoms. The Morgan fingerprint density at radius 1 is 1.10 bits per heavy atom. The number of urea groups is 1. The lowest BCUT2D eigenvalue weighted by Gasteiger charge is -2.10. The topological polar surface area (TPSA) is 70.2 Å². The number of amides is 3. The number of hydrogen-bond acceptors (Lipinski definition) is 2. The Balaban J connectivity index is 2.16. The number of hydrogen-bond donors (Lipinski definition) is 3. The smallest absolute Gasteiger partial charge is 0.314 e. The van der Waals surface area contributed by atoms with Crippen molar-refractivity contribution < 1.29 is 14.0 Å². The van der Waals surface area contributed by atoms with Gasteiger partial charge in [-0.3, -0.25) is 4.79 Å². The molecular formula is C15H22FN3O2. The molecule has 116 valence electrons. The second-order valence-corrected chi connectivity index (χ2v) is 5.12. The van der Waals surface area contributed by atoms with Gasteiger partial charge in [-0.05, 0) is 24.5 Å². The molecule has 3 amide bonds. The molecule has 1 aromatic rings. The summed E-state index contributed by atoms with van der Waals surface area (Å²) in [5, 5.41) is 8.03. The van der Waals surface area contributed by atoms with E-state index in [0.29, 0.717) is 32.0 Å². The zero-order chi connectivity index (χ0) is 15.7. The minimum absolute atomic E-state index is 0.0279. The predicted octanol–water partition coefficient (Wildman–Crippen LogP) is 1.90. The van der Waals surface area contributed by atoms with Crippen LogP contribution in [0, 0.1) is 11.7 Å². The Morgan fingerprint density at radius 2 is 1.76 bits per heavy atom. The maximum absolute atomic E-state index is 13.3. The first-order chi connectivity index (χ1) is 10.0. The molecule has 0 heterocycles. The molecule has 3 N–H and O–H groups in total. The van der Waals surface area contributed by atoms with E-state index in [0.717, 1.165) is 0 Å². The summed E-state index contributed by atoms with van der Waals surface area (Å²) >= 11 is 0. The highest BCUT2D eigenvalue weighted by atomic mass is 19.1. The van der Waals surface area contributed by atoms with Crippen molar-refractivity contribution in [3.05, 3.63) is 35.6 Å². The average Bonchev–Trinajstić information content (AvgIpc) is 2.45. The maximum atomic E-state index is 13.3. The molecule has 0 fully saturated rings. The Morgan fingerprint density at radius 3 is 2.43 bits per heavy atom. The molecule has 0 atom stereocenters. The summed E-state index contributed by atoms with van der Waals surface area (Å²) in [5.74, 6) is -0.589. The van der Waals surface area contributed by atoms with Crippen molar-refractivity contribution in [3.8, 4) is 0 Å². The third-order valence-electron chi connectivity index (χ3n) is 2.71. The summed E-state index contributed by atoms with van der Waals surface area (Å²) < 4.78 is 13.3. The largest absolute Gasteiger partial charge is 0.352 e. The Bertz CT molecular complexity index is 478. The van der Waals surface area contributed by atoms with Crippen molar-refractivity contribution in [3.63, 3.8) is 0 Å². The first-order valence-electron chi connectivity index (χ1n) is 7.05. The van der Waals surface area contributed by atoms with Gasteiger partial charge in [0.25, 0.3) is 5.91 Å². The van der Waals surface area contributed by atoms with Crippen molar-refractivity contribution in [1.82, 2.24) is 16.0 Å². The fraction of sp³-hybridized carbons (Fsp3) is 0.467. The molecule has 0 unspecified atom stereocenters. The van der Waals surface area contributed by atoms with E-state index in [4.69, 9.17) is 0 Å². The first kappa shape index (κ1) is 16.9. The van der Waals surface area contributed by atoms with Crippen LogP contribution < -0.4 is 16.0 Å². The number of benzene rings is 1. The van der Waals surface area contributed by atoms with Crippen LogP contribution in [0.25, 0.3) is 0 Å². The van der Waals surface area contributed by atoms with Gasteiger partial charge in [0.15, 0.2) is 0 Å². The highest BCUT2D eigenvalue weighted by Crippen LogP contribution is 2.05. The van der Waals surface area contributed by atoms with Gasteiger partial charge in [0, 0.05) is 19.6 Å². The molecule has 0 saturated carbocycles. The van der Waals surface area contributed by atoms with Gasteiger partial charge in [-0.15, -0.1) is 0 Å². The molecule has 0 spiro atoms. The molecule has 1 rings (SSSR count). The number of carbonyl (C=O) groups excluding carboxylic acids is 2. The van der Waals surface area contributed by atoms with Gasteiger partial charge in [0.2, 0.25) is 0 Å². The van der Waals surface area contributed by atoms with Gasteiger partial charge in [-0.2, -0.15) is 0 Å². The molecule has 0 aromatic heterocycles. The van der Waals surface area contributed by atoms with E-state index in [-0.39, 0.29) is 11.6 Å². The van der Waals surface area contributed by atoms with Gasteiger partial charge < -0.3 is 16.0 Å². The maximum Gasteiger partial charge on any atom is 0.314 e. The number of nitrogens with one attached hydrogen (secondary N) is 3. The summed E-state index contributed by atoms with van der Waals surface area (Å²) in [6, 6.07) is 5.60. The van der Waals surface area contributed by atoms with Crippen molar-refractivity contribution in [1.29, 1.82) is 0 Å². The van der Waals surface area contributed by atoms with Crippen LogP contribution in [0.1, 0.15) is 30.6 Å². The zero-order valence-electron chi connectivity index (χ0n) is 12.4. The van der Waals surface area contributed by atoms with Crippen molar-refractivity contribution in [2.24, 2.45) is 5.92 Å². The fourth-order valence-electron chi connectivity index (χ4n) is 1.59. The van der Waals surface area contributed by atoms with E-state index in [2.05, 4.69) is 16.0 Å². The van der Waals surface area contributed by atoms with Crippen molar-refractivity contribution >= 4 is 11.9 Å². The third kappa shape index (κ3) is 6.74. The van der Waals surface area contributed by atoms with Crippen LogP contribution in [0.15, 0.2) is 24.3 Å². The normalized spacial score (nSPS) is 10.3. The molecular weight excluding hydrogens is 273 g/mol. The van der Waals surface area contributed by atoms with E-state index in [1.165, 1.54) is 18.2 Å². The van der Waals surface area contributed by atoms with E-state index in [1.54, 1.807) is 6.07 Å². The zero-order valence-corrected chi connectivity index (χ0v) is 12.4. The lowest BCUT2D eigenvalue weighted by Crippen LogP contribution is -2.38. The number of carbonyl (C=O) groups is 2. The van der Waals surface area contributed by atoms with E-state index < -0.39 is 11.7 Å². The average molecular weight is 295 g/mol. The van der Waals surface area contributed by atoms with Crippen LogP contribution in [0.3, 0.4) is 0 Å².